The van der Waals surface area contributed by atoms with Crippen LogP contribution in [0.4, 0.5) is 5.69 Å². The van der Waals surface area contributed by atoms with Gasteiger partial charge in [0.25, 0.3) is 11.8 Å². The van der Waals surface area contributed by atoms with Crippen LogP contribution in [0.1, 0.15) is 32.4 Å². The van der Waals surface area contributed by atoms with Crippen molar-refractivity contribution in [3.05, 3.63) is 98.1 Å². The predicted molar refractivity (Wildman–Crippen MR) is 150 cm³/mol. The Kier molecular flexibility index (Phi) is 8.18. The fourth-order valence-corrected chi connectivity index (χ4v) is 4.54. The van der Waals surface area contributed by atoms with E-state index in [0.29, 0.717) is 40.5 Å². The number of ether oxygens (including phenoxy) is 2. The van der Waals surface area contributed by atoms with Crippen molar-refractivity contribution in [2.75, 3.05) is 18.5 Å². The van der Waals surface area contributed by atoms with Crippen LogP contribution in [-0.4, -0.2) is 30.0 Å². The van der Waals surface area contributed by atoms with Gasteiger partial charge in [-0.2, -0.15) is 0 Å². The molecule has 0 bridgehead atoms. The first kappa shape index (κ1) is 25.6. The number of nitrogens with one attached hydrogen (secondary N) is 2. The number of hydrogen-bond acceptors (Lipinski definition) is 5. The van der Waals surface area contributed by atoms with E-state index in [2.05, 4.69) is 61.8 Å². The highest BCUT2D eigenvalue weighted by Crippen LogP contribution is 2.37. The van der Waals surface area contributed by atoms with E-state index in [0.717, 1.165) is 8.04 Å². The quantitative estimate of drug-likeness (QED) is 0.189. The van der Waals surface area contributed by atoms with Crippen molar-refractivity contribution in [1.29, 1.82) is 0 Å². The predicted octanol–water partition coefficient (Wildman–Crippen LogP) is 5.54. The topological polar surface area (TPSA) is 79.9 Å². The Morgan fingerprint density at radius 2 is 1.92 bits per heavy atom. The summed E-state index contributed by atoms with van der Waals surface area (Å²) in [7, 11) is 0. The van der Waals surface area contributed by atoms with Crippen LogP contribution in [0.3, 0.4) is 0 Å². The number of anilines is 1. The summed E-state index contributed by atoms with van der Waals surface area (Å²) in [5, 5.41) is 4.65. The van der Waals surface area contributed by atoms with E-state index in [1.807, 2.05) is 12.1 Å². The monoisotopic (exact) mass is 657 g/mol. The van der Waals surface area contributed by atoms with Crippen molar-refractivity contribution in [3.63, 3.8) is 0 Å². The summed E-state index contributed by atoms with van der Waals surface area (Å²) in [6.07, 6.45) is 6.24. The third-order valence-corrected chi connectivity index (χ3v) is 6.66. The number of hydrogen-bond donors (Lipinski definition) is 2. The highest BCUT2D eigenvalue weighted by atomic mass is 127. The lowest BCUT2D eigenvalue weighted by Crippen LogP contribution is -2.53. The molecule has 1 aliphatic heterocycles. The molecule has 0 fully saturated rings. The van der Waals surface area contributed by atoms with Gasteiger partial charge in [0.15, 0.2) is 0 Å². The number of terminal acetylenes is 1. The second-order valence-electron chi connectivity index (χ2n) is 7.65. The molecule has 0 saturated heterocycles. The molecule has 4 rings (SSSR count). The molecule has 0 radical (unpaired) electrons. The lowest BCUT2D eigenvalue weighted by molar-refractivity contribution is 0.0490. The molecule has 1 aliphatic rings. The molecule has 3 aromatic rings. The van der Waals surface area contributed by atoms with Crippen LogP contribution >= 0.6 is 38.5 Å². The van der Waals surface area contributed by atoms with Crippen molar-refractivity contribution in [2.24, 2.45) is 0 Å². The van der Waals surface area contributed by atoms with Crippen molar-refractivity contribution >= 4 is 56.0 Å². The SMILES string of the molecule is C#CCOc1ccc(Br)c([C@@H]2Nc3ccc(I)cc3C(=O)N2NC(=O)c2ccc(OCC=C)cc2)c1. The van der Waals surface area contributed by atoms with Gasteiger partial charge in [0.1, 0.15) is 30.9 Å². The Morgan fingerprint density at radius 1 is 1.17 bits per heavy atom. The normalized spacial score (nSPS) is 14.2. The maximum atomic E-state index is 13.6. The molecule has 3 aromatic carbocycles. The highest BCUT2D eigenvalue weighted by molar-refractivity contribution is 14.1. The lowest BCUT2D eigenvalue weighted by atomic mass is 10.0. The summed E-state index contributed by atoms with van der Waals surface area (Å²) in [4.78, 5) is 26.8. The van der Waals surface area contributed by atoms with Gasteiger partial charge in [0.2, 0.25) is 0 Å². The third kappa shape index (κ3) is 5.66. The molecule has 36 heavy (non-hydrogen) atoms. The van der Waals surface area contributed by atoms with Crippen LogP contribution in [0.25, 0.3) is 0 Å². The molecule has 0 spiro atoms. The molecule has 0 saturated carbocycles. The summed E-state index contributed by atoms with van der Waals surface area (Å²) >= 11 is 5.71. The van der Waals surface area contributed by atoms with E-state index >= 15 is 0 Å². The Labute approximate surface area is 231 Å². The zero-order chi connectivity index (χ0) is 25.7. The lowest BCUT2D eigenvalue weighted by Gasteiger charge is -2.38. The van der Waals surface area contributed by atoms with Gasteiger partial charge in [-0.3, -0.25) is 15.0 Å². The molecule has 1 atom stereocenters. The summed E-state index contributed by atoms with van der Waals surface area (Å²) in [5.74, 6) is 2.78. The van der Waals surface area contributed by atoms with Crippen LogP contribution in [0.2, 0.25) is 0 Å². The Hall–Kier alpha value is -3.49. The minimum Gasteiger partial charge on any atom is -0.490 e. The van der Waals surface area contributed by atoms with Crippen LogP contribution in [0.15, 0.2) is 77.8 Å². The number of benzene rings is 3. The largest absolute Gasteiger partial charge is 0.490 e. The second-order valence-corrected chi connectivity index (χ2v) is 9.75. The van der Waals surface area contributed by atoms with Gasteiger partial charge >= 0.3 is 0 Å². The van der Waals surface area contributed by atoms with Crippen LogP contribution in [-0.2, 0) is 0 Å². The van der Waals surface area contributed by atoms with Crippen molar-refractivity contribution < 1.29 is 19.1 Å². The minimum absolute atomic E-state index is 0.103. The van der Waals surface area contributed by atoms with Crippen molar-refractivity contribution in [1.82, 2.24) is 10.4 Å². The van der Waals surface area contributed by atoms with Crippen LogP contribution in [0, 0.1) is 15.9 Å². The first-order chi connectivity index (χ1) is 17.4. The average molecular weight is 658 g/mol. The second kappa shape index (κ2) is 11.5. The number of carbonyl (C=O) groups excluding carboxylic acids is 2. The molecule has 0 aromatic heterocycles. The zero-order valence-corrected chi connectivity index (χ0v) is 22.7. The van der Waals surface area contributed by atoms with E-state index in [-0.39, 0.29) is 12.5 Å². The average Bonchev–Trinajstić information content (AvgIpc) is 2.89. The van der Waals surface area contributed by atoms with Gasteiger partial charge in [0, 0.05) is 24.9 Å². The number of nitrogens with zero attached hydrogens (tertiary/aromatic N) is 1. The number of hydrazine groups is 1. The fraction of sp³-hybridized carbons (Fsp3) is 0.111. The Morgan fingerprint density at radius 3 is 2.64 bits per heavy atom. The first-order valence-electron chi connectivity index (χ1n) is 10.8. The molecule has 2 N–H and O–H groups in total. The van der Waals surface area contributed by atoms with Gasteiger partial charge in [-0.15, -0.1) is 6.42 Å². The van der Waals surface area contributed by atoms with Crippen molar-refractivity contribution in [3.8, 4) is 23.8 Å². The summed E-state index contributed by atoms with van der Waals surface area (Å²) in [6, 6.07) is 17.5. The molecule has 182 valence electrons. The number of rotatable bonds is 8. The summed E-state index contributed by atoms with van der Waals surface area (Å²) < 4.78 is 12.7. The molecule has 2 amide bonds. The van der Waals surface area contributed by atoms with Gasteiger partial charge in [-0.25, -0.2) is 5.01 Å². The standard InChI is InChI=1S/C27H21BrIN3O4/c1-3-13-35-19-8-5-17(6-9-19)26(33)31-32-25(21-16-20(36-14-4-2)10-11-23(21)28)30-24-12-7-18(29)15-22(24)27(32)34/h2-3,5-12,15-16,25,30H,1,13-14H2,(H,31,33)/t25-/m1/s1. The molecule has 9 heteroatoms. The molecule has 7 nitrogen and oxygen atoms in total. The Bertz CT molecular complexity index is 1350. The van der Waals surface area contributed by atoms with E-state index in [9.17, 15) is 9.59 Å². The van der Waals surface area contributed by atoms with Crippen molar-refractivity contribution in [2.45, 2.75) is 6.17 Å². The van der Waals surface area contributed by atoms with Crippen LogP contribution < -0.4 is 20.2 Å². The molecule has 0 aliphatic carbocycles. The van der Waals surface area contributed by atoms with E-state index in [1.54, 1.807) is 54.6 Å². The van der Waals surface area contributed by atoms with Gasteiger partial charge in [-0.05, 0) is 83.3 Å². The maximum absolute atomic E-state index is 13.6. The number of fused-ring (bicyclic) bond motifs is 1. The Balaban J connectivity index is 1.68. The van der Waals surface area contributed by atoms with E-state index in [4.69, 9.17) is 15.9 Å². The number of carbonyl (C=O) groups is 2. The number of amides is 2. The summed E-state index contributed by atoms with van der Waals surface area (Å²) in [5.41, 5.74) is 4.92. The van der Waals surface area contributed by atoms with Gasteiger partial charge in [0.05, 0.1) is 5.56 Å². The van der Waals surface area contributed by atoms with E-state index in [1.165, 1.54) is 5.01 Å². The number of halogens is 2. The first-order valence-corrected chi connectivity index (χ1v) is 12.7. The smallest absolute Gasteiger partial charge is 0.276 e. The van der Waals surface area contributed by atoms with Gasteiger partial charge in [-0.1, -0.05) is 34.5 Å². The third-order valence-electron chi connectivity index (χ3n) is 5.27. The minimum atomic E-state index is -0.729. The van der Waals surface area contributed by atoms with Crippen LogP contribution in [0.5, 0.6) is 11.5 Å². The molecule has 1 heterocycles. The highest BCUT2D eigenvalue weighted by Gasteiger charge is 2.36. The molecular formula is C27H21BrIN3O4. The maximum Gasteiger partial charge on any atom is 0.276 e. The van der Waals surface area contributed by atoms with Gasteiger partial charge < -0.3 is 14.8 Å². The summed E-state index contributed by atoms with van der Waals surface area (Å²) in [6.45, 7) is 4.08. The molecule has 0 unspecified atom stereocenters. The van der Waals surface area contributed by atoms with E-state index < -0.39 is 12.1 Å². The zero-order valence-electron chi connectivity index (χ0n) is 19.0. The molecular weight excluding hydrogens is 637 g/mol. The fourth-order valence-electron chi connectivity index (χ4n) is 3.59.